The van der Waals surface area contributed by atoms with Crippen LogP contribution in [-0.2, 0) is 11.4 Å². The van der Waals surface area contributed by atoms with Crippen LogP contribution in [0.25, 0.3) is 0 Å². The van der Waals surface area contributed by atoms with Gasteiger partial charge in [-0.2, -0.15) is 8.73 Å². The summed E-state index contributed by atoms with van der Waals surface area (Å²) in [6, 6.07) is 2.03. The number of fused-ring (bicyclic) bond motifs is 1. The number of hydrogen-bond acceptors (Lipinski definition) is 3. The van der Waals surface area contributed by atoms with Crippen LogP contribution in [-0.4, -0.2) is 6.04 Å². The van der Waals surface area contributed by atoms with Crippen molar-refractivity contribution in [2.45, 2.75) is 25.3 Å². The van der Waals surface area contributed by atoms with E-state index < -0.39 is 0 Å². The smallest absolute Gasteiger partial charge is 0.130 e. The topological polar surface area (TPSA) is 36.8 Å². The van der Waals surface area contributed by atoms with Crippen molar-refractivity contribution >= 4 is 51.6 Å². The minimum Gasteiger partial charge on any atom is -0.376 e. The Hall–Kier alpha value is -0.840. The van der Waals surface area contributed by atoms with Crippen LogP contribution < -0.4 is 5.32 Å². The Morgan fingerprint density at radius 3 is 2.83 bits per heavy atom. The molecule has 18 heavy (non-hydrogen) atoms. The summed E-state index contributed by atoms with van der Waals surface area (Å²) in [6.07, 6.45) is 7.83. The predicted molar refractivity (Wildman–Crippen MR) is 78.4 cm³/mol. The van der Waals surface area contributed by atoms with Crippen LogP contribution in [0, 0.1) is 0 Å². The van der Waals surface area contributed by atoms with Crippen LogP contribution in [0.4, 0.5) is 17.1 Å². The second-order valence-electron chi connectivity index (χ2n) is 4.29. The maximum absolute atomic E-state index is 6.25. The summed E-state index contributed by atoms with van der Waals surface area (Å²) in [4.78, 5) is 0. The number of rotatable bonds is 2. The van der Waals surface area contributed by atoms with Crippen molar-refractivity contribution in [2.75, 3.05) is 5.32 Å². The fourth-order valence-corrected chi connectivity index (χ4v) is 3.30. The molecule has 1 heterocycles. The fraction of sp³-hybridized carbons (Fsp3) is 0.333. The van der Waals surface area contributed by atoms with Crippen LogP contribution in [0.15, 0.2) is 26.9 Å². The lowest BCUT2D eigenvalue weighted by Crippen LogP contribution is -2.18. The van der Waals surface area contributed by atoms with Crippen LogP contribution in [0.5, 0.6) is 0 Å². The molecular weight excluding hydrogens is 289 g/mol. The van der Waals surface area contributed by atoms with Crippen LogP contribution in [0.3, 0.4) is 0 Å². The summed E-state index contributed by atoms with van der Waals surface area (Å²) < 4.78 is 8.48. The summed E-state index contributed by atoms with van der Waals surface area (Å²) in [5, 5.41) is 4.58. The third-order valence-electron chi connectivity index (χ3n) is 3.03. The molecule has 3 rings (SSSR count). The SMILES string of the molecule is Clc1cc(Cl)c(NC2C=CCCC2)c2c1N=S=N2. The molecule has 1 aromatic rings. The standard InChI is InChI=1S/C12H11Cl2N3S/c13-8-6-9(14)11-12(17-18-16-11)10(8)15-7-4-2-1-3-5-7/h2,4,6-7,15H,1,3,5H2. The van der Waals surface area contributed by atoms with Gasteiger partial charge in [0, 0.05) is 6.04 Å². The van der Waals surface area contributed by atoms with E-state index in [-0.39, 0.29) is 0 Å². The molecule has 6 heteroatoms. The molecule has 1 aromatic carbocycles. The van der Waals surface area contributed by atoms with E-state index in [9.17, 15) is 0 Å². The van der Waals surface area contributed by atoms with Crippen molar-refractivity contribution in [2.24, 2.45) is 8.73 Å². The zero-order valence-electron chi connectivity index (χ0n) is 9.49. The van der Waals surface area contributed by atoms with Crippen molar-refractivity contribution in [3.63, 3.8) is 0 Å². The molecule has 0 spiro atoms. The maximum Gasteiger partial charge on any atom is 0.130 e. The van der Waals surface area contributed by atoms with Gasteiger partial charge in [-0.3, -0.25) is 0 Å². The summed E-state index contributed by atoms with van der Waals surface area (Å²) in [5.41, 5.74) is 2.31. The Morgan fingerprint density at radius 1 is 1.22 bits per heavy atom. The third kappa shape index (κ3) is 2.20. The summed E-state index contributed by atoms with van der Waals surface area (Å²) in [5.74, 6) is 0. The number of allylic oxidation sites excluding steroid dienone is 1. The Kier molecular flexibility index (Phi) is 3.41. The molecular formula is C12H11Cl2N3S. The molecule has 1 N–H and O–H groups in total. The summed E-state index contributed by atoms with van der Waals surface area (Å²) in [6.45, 7) is 0. The quantitative estimate of drug-likeness (QED) is 0.756. The van der Waals surface area contributed by atoms with Crippen molar-refractivity contribution in [1.29, 1.82) is 0 Å². The average molecular weight is 300 g/mol. The molecule has 0 saturated carbocycles. The van der Waals surface area contributed by atoms with E-state index in [4.69, 9.17) is 23.2 Å². The Labute approximate surface area is 119 Å². The highest BCUT2D eigenvalue weighted by atomic mass is 35.5. The van der Waals surface area contributed by atoms with Gasteiger partial charge in [0.25, 0.3) is 0 Å². The molecule has 0 fully saturated rings. The number of anilines is 1. The van der Waals surface area contributed by atoms with Crippen LogP contribution >= 0.6 is 23.2 Å². The normalized spacial score (nSPS) is 20.7. The lowest BCUT2D eigenvalue weighted by Gasteiger charge is -2.21. The van der Waals surface area contributed by atoms with Crippen molar-refractivity contribution < 1.29 is 0 Å². The van der Waals surface area contributed by atoms with Crippen molar-refractivity contribution in [3.05, 3.63) is 28.3 Å². The molecule has 1 aliphatic carbocycles. The minimum absolute atomic E-state index is 0.308. The zero-order chi connectivity index (χ0) is 12.5. The largest absolute Gasteiger partial charge is 0.376 e. The number of benzene rings is 1. The van der Waals surface area contributed by atoms with Gasteiger partial charge >= 0.3 is 0 Å². The molecule has 1 aliphatic heterocycles. The first kappa shape index (κ1) is 12.2. The highest BCUT2D eigenvalue weighted by Gasteiger charge is 2.20. The van der Waals surface area contributed by atoms with Gasteiger partial charge in [-0.25, -0.2) is 0 Å². The Balaban J connectivity index is 1.97. The molecule has 1 unspecified atom stereocenters. The molecule has 0 saturated heterocycles. The number of hydrogen-bond donors (Lipinski definition) is 1. The highest BCUT2D eigenvalue weighted by Crippen LogP contribution is 2.48. The van der Waals surface area contributed by atoms with Gasteiger partial charge < -0.3 is 5.32 Å². The van der Waals surface area contributed by atoms with Crippen LogP contribution in [0.2, 0.25) is 10.0 Å². The molecule has 0 radical (unpaired) electrons. The highest BCUT2D eigenvalue weighted by molar-refractivity contribution is 7.58. The molecule has 0 aromatic heterocycles. The third-order valence-corrected chi connectivity index (χ3v) is 4.14. The lowest BCUT2D eigenvalue weighted by atomic mass is 10.0. The van der Waals surface area contributed by atoms with Gasteiger partial charge in [-0.1, -0.05) is 35.4 Å². The van der Waals surface area contributed by atoms with Gasteiger partial charge in [0.15, 0.2) is 0 Å². The number of halogens is 2. The minimum atomic E-state index is 0.308. The van der Waals surface area contributed by atoms with E-state index in [1.807, 2.05) is 0 Å². The predicted octanol–water partition coefficient (Wildman–Crippen LogP) is 5.24. The number of nitrogens with zero attached hydrogens (tertiary/aromatic N) is 2. The van der Waals surface area contributed by atoms with Gasteiger partial charge in [-0.15, -0.1) is 0 Å². The monoisotopic (exact) mass is 299 g/mol. The van der Waals surface area contributed by atoms with Crippen LogP contribution in [0.1, 0.15) is 19.3 Å². The van der Waals surface area contributed by atoms with Crippen molar-refractivity contribution in [3.8, 4) is 0 Å². The molecule has 3 nitrogen and oxygen atoms in total. The summed E-state index contributed by atoms with van der Waals surface area (Å²) >= 11 is 13.5. The first-order chi connectivity index (χ1) is 8.75. The Morgan fingerprint density at radius 2 is 2.06 bits per heavy atom. The van der Waals surface area contributed by atoms with Gasteiger partial charge in [0.1, 0.15) is 11.4 Å². The molecule has 0 bridgehead atoms. The van der Waals surface area contributed by atoms with E-state index in [0.717, 1.165) is 35.6 Å². The molecule has 0 amide bonds. The van der Waals surface area contributed by atoms with Gasteiger partial charge in [0.05, 0.1) is 27.1 Å². The second kappa shape index (κ2) is 5.03. The van der Waals surface area contributed by atoms with E-state index in [1.54, 1.807) is 6.07 Å². The van der Waals surface area contributed by atoms with E-state index in [2.05, 4.69) is 26.2 Å². The molecule has 2 aliphatic rings. The lowest BCUT2D eigenvalue weighted by molar-refractivity contribution is 0.674. The zero-order valence-corrected chi connectivity index (χ0v) is 11.8. The van der Waals surface area contributed by atoms with E-state index >= 15 is 0 Å². The van der Waals surface area contributed by atoms with Gasteiger partial charge in [-0.05, 0) is 25.3 Å². The average Bonchev–Trinajstić information content (AvgIpc) is 2.85. The van der Waals surface area contributed by atoms with E-state index in [1.165, 1.54) is 6.42 Å². The first-order valence-electron chi connectivity index (χ1n) is 5.79. The first-order valence-corrected chi connectivity index (χ1v) is 7.28. The van der Waals surface area contributed by atoms with Crippen molar-refractivity contribution in [1.82, 2.24) is 0 Å². The number of nitrogens with one attached hydrogen (secondary N) is 1. The van der Waals surface area contributed by atoms with E-state index in [0.29, 0.717) is 21.8 Å². The molecule has 1 atom stereocenters. The van der Waals surface area contributed by atoms with Gasteiger partial charge in [0.2, 0.25) is 0 Å². The fourth-order valence-electron chi connectivity index (χ4n) is 2.13. The second-order valence-corrected chi connectivity index (χ2v) is 5.63. The Bertz CT molecular complexity index is 591. The molecule has 94 valence electrons. The summed E-state index contributed by atoms with van der Waals surface area (Å²) in [7, 11) is 0. The maximum atomic E-state index is 6.25.